The highest BCUT2D eigenvalue weighted by Crippen LogP contribution is 2.24. The maximum absolute atomic E-state index is 5.54. The number of aromatic nitrogens is 2. The number of aryl methyl sites for hydroxylation is 1. The van der Waals surface area contributed by atoms with Gasteiger partial charge in [-0.25, -0.2) is 0 Å². The Bertz CT molecular complexity index is 400. The van der Waals surface area contributed by atoms with Gasteiger partial charge in [-0.2, -0.15) is 0 Å². The summed E-state index contributed by atoms with van der Waals surface area (Å²) in [5.41, 5.74) is 0. The average molecular weight is 264 g/mol. The summed E-state index contributed by atoms with van der Waals surface area (Å²) in [6.45, 7) is 6.24. The number of anilines is 1. The van der Waals surface area contributed by atoms with Crippen LogP contribution >= 0.6 is 0 Å². The third kappa shape index (κ3) is 3.08. The minimum Gasteiger partial charge on any atom is -0.408 e. The number of hydrogen-bond donors (Lipinski definition) is 0. The first-order chi connectivity index (χ1) is 9.33. The summed E-state index contributed by atoms with van der Waals surface area (Å²) in [5, 5.41) is 8.07. The first-order valence-corrected chi connectivity index (χ1v) is 7.62. The van der Waals surface area contributed by atoms with Crippen LogP contribution in [0, 0.1) is 6.92 Å². The molecule has 3 rings (SSSR count). The number of rotatable bonds is 2. The Morgan fingerprint density at radius 2 is 1.79 bits per heavy atom. The van der Waals surface area contributed by atoms with Crippen LogP contribution < -0.4 is 4.90 Å². The molecule has 0 radical (unpaired) electrons. The molecule has 1 aromatic rings. The van der Waals surface area contributed by atoms with Crippen LogP contribution in [0.25, 0.3) is 0 Å². The van der Waals surface area contributed by atoms with Crippen molar-refractivity contribution in [2.45, 2.75) is 51.5 Å². The summed E-state index contributed by atoms with van der Waals surface area (Å²) in [6.07, 6.45) is 8.22. The van der Waals surface area contributed by atoms with Crippen molar-refractivity contribution in [1.82, 2.24) is 15.1 Å². The number of hydrogen-bond acceptors (Lipinski definition) is 5. The predicted molar refractivity (Wildman–Crippen MR) is 74.3 cm³/mol. The van der Waals surface area contributed by atoms with Gasteiger partial charge in [0.25, 0.3) is 0 Å². The molecule has 1 aliphatic carbocycles. The van der Waals surface area contributed by atoms with E-state index in [1.54, 1.807) is 0 Å². The van der Waals surface area contributed by atoms with Gasteiger partial charge in [0, 0.05) is 39.1 Å². The van der Waals surface area contributed by atoms with Crippen molar-refractivity contribution < 1.29 is 4.42 Å². The van der Waals surface area contributed by atoms with Crippen molar-refractivity contribution in [3.8, 4) is 0 Å². The topological polar surface area (TPSA) is 45.4 Å². The van der Waals surface area contributed by atoms with E-state index >= 15 is 0 Å². The fourth-order valence-corrected chi connectivity index (χ4v) is 3.35. The lowest BCUT2D eigenvalue weighted by Gasteiger charge is -2.33. The minimum absolute atomic E-state index is 0.656. The van der Waals surface area contributed by atoms with Crippen LogP contribution in [0.2, 0.25) is 0 Å². The zero-order valence-electron chi connectivity index (χ0n) is 11.8. The molecule has 2 heterocycles. The molecule has 0 unspecified atom stereocenters. The smallest absolute Gasteiger partial charge is 0.318 e. The summed E-state index contributed by atoms with van der Waals surface area (Å²) in [4.78, 5) is 4.92. The summed E-state index contributed by atoms with van der Waals surface area (Å²) in [6, 6.07) is 1.51. The fourth-order valence-electron chi connectivity index (χ4n) is 3.35. The van der Waals surface area contributed by atoms with E-state index in [1.807, 2.05) is 6.92 Å². The zero-order valence-corrected chi connectivity index (χ0v) is 11.8. The molecule has 5 heteroatoms. The molecule has 1 saturated heterocycles. The van der Waals surface area contributed by atoms with Crippen LogP contribution in [-0.4, -0.2) is 47.3 Å². The largest absolute Gasteiger partial charge is 0.408 e. The third-order valence-electron chi connectivity index (χ3n) is 4.41. The van der Waals surface area contributed by atoms with E-state index in [1.165, 1.54) is 45.1 Å². The molecule has 5 nitrogen and oxygen atoms in total. The Morgan fingerprint density at radius 1 is 0.947 bits per heavy atom. The average Bonchev–Trinajstić information content (AvgIpc) is 2.74. The predicted octanol–water partition coefficient (Wildman–Crippen LogP) is 2.22. The monoisotopic (exact) mass is 264 g/mol. The molecule has 0 N–H and O–H groups in total. The highest BCUT2D eigenvalue weighted by molar-refractivity contribution is 5.24. The lowest BCUT2D eigenvalue weighted by molar-refractivity contribution is 0.166. The summed E-state index contributed by atoms with van der Waals surface area (Å²) in [7, 11) is 0. The molecule has 1 saturated carbocycles. The van der Waals surface area contributed by atoms with Crippen LogP contribution in [0.1, 0.15) is 44.4 Å². The van der Waals surface area contributed by atoms with Crippen molar-refractivity contribution in [1.29, 1.82) is 0 Å². The van der Waals surface area contributed by atoms with E-state index in [9.17, 15) is 0 Å². The molecular formula is C14H24N4O. The van der Waals surface area contributed by atoms with E-state index in [-0.39, 0.29) is 0 Å². The van der Waals surface area contributed by atoms with E-state index in [0.29, 0.717) is 11.9 Å². The van der Waals surface area contributed by atoms with Crippen LogP contribution in [0.15, 0.2) is 4.42 Å². The molecule has 19 heavy (non-hydrogen) atoms. The molecule has 1 aromatic heterocycles. The summed E-state index contributed by atoms with van der Waals surface area (Å²) >= 11 is 0. The van der Waals surface area contributed by atoms with Crippen LogP contribution in [-0.2, 0) is 0 Å². The maximum atomic E-state index is 5.54. The standard InChI is InChI=1S/C14H24N4O/c1-12-15-16-14(19-12)18-9-5-8-17(10-11-18)13-6-3-2-4-7-13/h13H,2-11H2,1H3. The van der Waals surface area contributed by atoms with E-state index in [2.05, 4.69) is 20.0 Å². The molecule has 0 spiro atoms. The molecule has 2 aliphatic rings. The second-order valence-electron chi connectivity index (χ2n) is 5.77. The highest BCUT2D eigenvalue weighted by Gasteiger charge is 2.25. The van der Waals surface area contributed by atoms with E-state index in [0.717, 1.165) is 25.7 Å². The van der Waals surface area contributed by atoms with Crippen molar-refractivity contribution in [3.05, 3.63) is 5.89 Å². The molecular weight excluding hydrogens is 240 g/mol. The molecule has 1 aliphatic heterocycles. The van der Waals surface area contributed by atoms with Gasteiger partial charge < -0.3 is 9.32 Å². The Labute approximate surface area is 115 Å². The van der Waals surface area contributed by atoms with E-state index < -0.39 is 0 Å². The van der Waals surface area contributed by atoms with Gasteiger partial charge in [0.2, 0.25) is 5.89 Å². The van der Waals surface area contributed by atoms with Crippen LogP contribution in [0.3, 0.4) is 0 Å². The Balaban J connectivity index is 1.59. The zero-order chi connectivity index (χ0) is 13.1. The molecule has 106 valence electrons. The van der Waals surface area contributed by atoms with Gasteiger partial charge in [-0.3, -0.25) is 4.90 Å². The van der Waals surface area contributed by atoms with Gasteiger partial charge in [0.05, 0.1) is 0 Å². The Kier molecular flexibility index (Phi) is 4.01. The first kappa shape index (κ1) is 12.9. The quantitative estimate of drug-likeness (QED) is 0.819. The highest BCUT2D eigenvalue weighted by atomic mass is 16.4. The van der Waals surface area contributed by atoms with Crippen LogP contribution in [0.5, 0.6) is 0 Å². The third-order valence-corrected chi connectivity index (χ3v) is 4.41. The van der Waals surface area contributed by atoms with Gasteiger partial charge in [0.1, 0.15) is 0 Å². The molecule has 2 fully saturated rings. The molecule has 0 bridgehead atoms. The lowest BCUT2D eigenvalue weighted by Crippen LogP contribution is -2.39. The van der Waals surface area contributed by atoms with Gasteiger partial charge in [-0.05, 0) is 19.3 Å². The Hall–Kier alpha value is -1.10. The van der Waals surface area contributed by atoms with Crippen molar-refractivity contribution >= 4 is 6.01 Å². The second kappa shape index (κ2) is 5.90. The molecule has 0 aromatic carbocycles. The number of nitrogens with zero attached hydrogens (tertiary/aromatic N) is 4. The van der Waals surface area contributed by atoms with Crippen LogP contribution in [0.4, 0.5) is 6.01 Å². The SMILES string of the molecule is Cc1nnc(N2CCCN(C3CCCCC3)CC2)o1. The van der Waals surface area contributed by atoms with Gasteiger partial charge in [-0.1, -0.05) is 24.4 Å². The fraction of sp³-hybridized carbons (Fsp3) is 0.857. The normalized spacial score (nSPS) is 23.5. The second-order valence-corrected chi connectivity index (χ2v) is 5.77. The van der Waals surface area contributed by atoms with Crippen molar-refractivity contribution in [2.75, 3.05) is 31.1 Å². The first-order valence-electron chi connectivity index (χ1n) is 7.62. The van der Waals surface area contributed by atoms with Crippen molar-refractivity contribution in [3.63, 3.8) is 0 Å². The van der Waals surface area contributed by atoms with Gasteiger partial charge in [-0.15, -0.1) is 5.10 Å². The van der Waals surface area contributed by atoms with Gasteiger partial charge in [0.15, 0.2) is 0 Å². The lowest BCUT2D eigenvalue weighted by atomic mass is 9.94. The summed E-state index contributed by atoms with van der Waals surface area (Å²) in [5.74, 6) is 0.656. The summed E-state index contributed by atoms with van der Waals surface area (Å²) < 4.78 is 5.54. The van der Waals surface area contributed by atoms with E-state index in [4.69, 9.17) is 4.42 Å². The Morgan fingerprint density at radius 3 is 2.53 bits per heavy atom. The van der Waals surface area contributed by atoms with Gasteiger partial charge >= 0.3 is 6.01 Å². The maximum Gasteiger partial charge on any atom is 0.318 e. The van der Waals surface area contributed by atoms with Crippen molar-refractivity contribution in [2.24, 2.45) is 0 Å². The minimum atomic E-state index is 0.656. The molecule has 0 amide bonds. The molecule has 0 atom stereocenters.